The van der Waals surface area contributed by atoms with Crippen molar-refractivity contribution < 1.29 is 33.9 Å². The number of amides is 4. The number of fused-ring (bicyclic) bond motifs is 3. The summed E-state index contributed by atoms with van der Waals surface area (Å²) >= 11 is 0. The lowest BCUT2D eigenvalue weighted by atomic mass is 9.79. The first-order valence-electron chi connectivity index (χ1n) is 18.2. The number of nitrogens with zero attached hydrogens (tertiary/aromatic N) is 2. The Labute approximate surface area is 301 Å². The Hall–Kier alpha value is -4.16. The number of carbonyl (C=O) groups is 4. The molecule has 2 aromatic carbocycles. The number of ether oxygens (including phenoxy) is 2. The Bertz CT molecular complexity index is 1540. The van der Waals surface area contributed by atoms with Gasteiger partial charge in [-0.1, -0.05) is 48.5 Å². The first kappa shape index (κ1) is 38.1. The number of carbonyl (C=O) groups excluding carboxylic acids is 4. The summed E-state index contributed by atoms with van der Waals surface area (Å²) in [6.45, 7) is 13.8. The number of hydroxylamine groups is 2. The molecule has 2 atom stereocenters. The monoisotopic (exact) mass is 705 g/mol. The molecule has 3 aliphatic rings. The molecule has 2 saturated heterocycles. The number of benzene rings is 2. The van der Waals surface area contributed by atoms with E-state index in [0.717, 1.165) is 22.3 Å². The van der Waals surface area contributed by atoms with Crippen molar-refractivity contribution in [3.63, 3.8) is 0 Å². The first-order valence-corrected chi connectivity index (χ1v) is 18.2. The van der Waals surface area contributed by atoms with E-state index in [1.807, 2.05) is 52.0 Å². The van der Waals surface area contributed by atoms with Crippen LogP contribution in [0.5, 0.6) is 0 Å². The maximum atomic E-state index is 13.8. The van der Waals surface area contributed by atoms with E-state index in [1.54, 1.807) is 20.8 Å². The van der Waals surface area contributed by atoms with Crippen LogP contribution in [0.25, 0.3) is 11.1 Å². The van der Waals surface area contributed by atoms with Crippen LogP contribution in [0.1, 0.15) is 104 Å². The quantitative estimate of drug-likeness (QED) is 0.230. The molecule has 51 heavy (non-hydrogen) atoms. The fraction of sp³-hybridized carbons (Fsp3) is 0.590. The molecule has 2 aliphatic heterocycles. The molecule has 0 aromatic heterocycles. The van der Waals surface area contributed by atoms with Crippen molar-refractivity contribution in [3.05, 3.63) is 59.7 Å². The van der Waals surface area contributed by atoms with Gasteiger partial charge in [-0.2, -0.15) is 5.06 Å². The second-order valence-electron chi connectivity index (χ2n) is 16.3. The molecule has 1 aliphatic carbocycles. The lowest BCUT2D eigenvalue weighted by Gasteiger charge is -2.51. The van der Waals surface area contributed by atoms with Gasteiger partial charge in [0.05, 0.1) is 0 Å². The standard InChI is InChI=1S/C39H55N5O7/c1-37(2,3)51-36(48)43-21-13-19-32(43)34(46)42-31(33(45)41-25-22-38(4,5)44(49)39(6,7)23-25)18-12-20-40-35(47)50-24-30-28-16-10-8-14-26(28)27-15-9-11-17-29(27)30/h8-11,14-17,25,30-32,49H,12-13,18-24H2,1-7H3,(H,40,47)(H,41,45)(H,42,46)/t31?,32-/m0/s1. The van der Waals surface area contributed by atoms with Crippen LogP contribution in [0.4, 0.5) is 9.59 Å². The normalized spacial score (nSPS) is 20.5. The summed E-state index contributed by atoms with van der Waals surface area (Å²) in [4.78, 5) is 54.6. The number of alkyl carbamates (subject to hydrolysis) is 1. The number of hydrogen-bond acceptors (Lipinski definition) is 8. The molecular formula is C39H55N5O7. The van der Waals surface area contributed by atoms with Gasteiger partial charge in [0.25, 0.3) is 0 Å². The van der Waals surface area contributed by atoms with E-state index in [0.29, 0.717) is 38.6 Å². The predicted octanol–water partition coefficient (Wildman–Crippen LogP) is 5.72. The number of likely N-dealkylation sites (tertiary alicyclic amines) is 1. The molecule has 5 rings (SSSR count). The number of hydrogen-bond donors (Lipinski definition) is 4. The van der Waals surface area contributed by atoms with E-state index in [2.05, 4.69) is 40.2 Å². The molecule has 2 fully saturated rings. The van der Waals surface area contributed by atoms with Gasteiger partial charge < -0.3 is 30.6 Å². The molecule has 0 radical (unpaired) electrons. The predicted molar refractivity (Wildman–Crippen MR) is 193 cm³/mol. The van der Waals surface area contributed by atoms with E-state index in [4.69, 9.17) is 9.47 Å². The van der Waals surface area contributed by atoms with Crippen LogP contribution in [0.15, 0.2) is 48.5 Å². The summed E-state index contributed by atoms with van der Waals surface area (Å²) in [6.07, 6.45) is 1.63. The summed E-state index contributed by atoms with van der Waals surface area (Å²) in [5.41, 5.74) is 2.67. The molecule has 1 unspecified atom stereocenters. The summed E-state index contributed by atoms with van der Waals surface area (Å²) < 4.78 is 11.2. The minimum Gasteiger partial charge on any atom is -0.449 e. The molecule has 12 heteroatoms. The summed E-state index contributed by atoms with van der Waals surface area (Å²) in [7, 11) is 0. The summed E-state index contributed by atoms with van der Waals surface area (Å²) in [6, 6.07) is 14.4. The van der Waals surface area contributed by atoms with Gasteiger partial charge in [-0.25, -0.2) is 9.59 Å². The zero-order valence-corrected chi connectivity index (χ0v) is 31.1. The van der Waals surface area contributed by atoms with Gasteiger partial charge in [0.15, 0.2) is 0 Å². The van der Waals surface area contributed by atoms with E-state index >= 15 is 0 Å². The smallest absolute Gasteiger partial charge is 0.410 e. The van der Waals surface area contributed by atoms with Crippen molar-refractivity contribution in [1.82, 2.24) is 25.9 Å². The third-order valence-electron chi connectivity index (χ3n) is 10.1. The van der Waals surface area contributed by atoms with Gasteiger partial charge in [-0.3, -0.25) is 14.5 Å². The largest absolute Gasteiger partial charge is 0.449 e. The highest BCUT2D eigenvalue weighted by Crippen LogP contribution is 2.44. The molecule has 0 bridgehead atoms. The van der Waals surface area contributed by atoms with Gasteiger partial charge in [0, 0.05) is 36.1 Å². The molecule has 4 amide bonds. The lowest BCUT2D eigenvalue weighted by Crippen LogP contribution is -2.64. The van der Waals surface area contributed by atoms with Crippen molar-refractivity contribution in [3.8, 4) is 11.1 Å². The molecule has 2 heterocycles. The molecule has 278 valence electrons. The van der Waals surface area contributed by atoms with Crippen molar-refractivity contribution in [2.24, 2.45) is 0 Å². The highest BCUT2D eigenvalue weighted by molar-refractivity contribution is 5.91. The van der Waals surface area contributed by atoms with Crippen LogP contribution in [-0.2, 0) is 19.1 Å². The third kappa shape index (κ3) is 9.02. The van der Waals surface area contributed by atoms with Crippen LogP contribution in [0, 0.1) is 0 Å². The Morgan fingerprint density at radius 3 is 2.12 bits per heavy atom. The average Bonchev–Trinajstić information content (AvgIpc) is 3.67. The molecule has 12 nitrogen and oxygen atoms in total. The summed E-state index contributed by atoms with van der Waals surface area (Å²) in [5, 5.41) is 20.9. The van der Waals surface area contributed by atoms with Gasteiger partial charge >= 0.3 is 12.2 Å². The number of piperidine rings is 1. The van der Waals surface area contributed by atoms with E-state index in [-0.39, 0.29) is 37.4 Å². The second-order valence-corrected chi connectivity index (χ2v) is 16.3. The molecule has 4 N–H and O–H groups in total. The van der Waals surface area contributed by atoms with E-state index in [9.17, 15) is 24.4 Å². The Balaban J connectivity index is 1.19. The van der Waals surface area contributed by atoms with Gasteiger partial charge in [0.1, 0.15) is 24.3 Å². The highest BCUT2D eigenvalue weighted by atomic mass is 16.6. The maximum Gasteiger partial charge on any atom is 0.410 e. The average molecular weight is 706 g/mol. The van der Waals surface area contributed by atoms with Crippen LogP contribution in [-0.4, -0.2) is 93.7 Å². The van der Waals surface area contributed by atoms with Gasteiger partial charge in [-0.15, -0.1) is 0 Å². The third-order valence-corrected chi connectivity index (χ3v) is 10.1. The molecular weight excluding hydrogens is 650 g/mol. The maximum absolute atomic E-state index is 13.8. The van der Waals surface area contributed by atoms with Gasteiger partial charge in [-0.05, 0) is 109 Å². The Morgan fingerprint density at radius 2 is 1.53 bits per heavy atom. The van der Waals surface area contributed by atoms with Crippen molar-refractivity contribution in [2.45, 2.75) is 128 Å². The highest BCUT2D eigenvalue weighted by Gasteiger charge is 2.46. The van der Waals surface area contributed by atoms with Crippen LogP contribution >= 0.6 is 0 Å². The Kier molecular flexibility index (Phi) is 11.4. The van der Waals surface area contributed by atoms with E-state index in [1.165, 1.54) is 9.96 Å². The minimum atomic E-state index is -0.915. The second kappa shape index (κ2) is 15.2. The number of nitrogens with one attached hydrogen (secondary N) is 3. The van der Waals surface area contributed by atoms with Crippen LogP contribution < -0.4 is 16.0 Å². The zero-order chi connectivity index (χ0) is 37.1. The van der Waals surface area contributed by atoms with Crippen molar-refractivity contribution in [1.29, 1.82) is 0 Å². The fourth-order valence-corrected chi connectivity index (χ4v) is 7.94. The van der Waals surface area contributed by atoms with Crippen molar-refractivity contribution >= 4 is 24.0 Å². The zero-order valence-electron chi connectivity index (χ0n) is 31.1. The number of rotatable bonds is 10. The van der Waals surface area contributed by atoms with Crippen LogP contribution in [0.2, 0.25) is 0 Å². The summed E-state index contributed by atoms with van der Waals surface area (Å²) in [5.74, 6) is -0.835. The molecule has 2 aromatic rings. The lowest BCUT2D eigenvalue weighted by molar-refractivity contribution is -0.246. The SMILES string of the molecule is CC(C)(C)OC(=O)N1CCC[C@H]1C(=O)NC(CCCNC(=O)OCC1c2ccccc2-c2ccccc21)C(=O)NC1CC(C)(C)N(O)C(C)(C)C1. The van der Waals surface area contributed by atoms with Crippen LogP contribution in [0.3, 0.4) is 0 Å². The Morgan fingerprint density at radius 1 is 0.941 bits per heavy atom. The topological polar surface area (TPSA) is 150 Å². The van der Waals surface area contributed by atoms with Crippen molar-refractivity contribution in [2.75, 3.05) is 19.7 Å². The fourth-order valence-electron chi connectivity index (χ4n) is 7.94. The first-order chi connectivity index (χ1) is 24.0. The molecule has 0 spiro atoms. The van der Waals surface area contributed by atoms with Gasteiger partial charge in [0.2, 0.25) is 11.8 Å². The van der Waals surface area contributed by atoms with E-state index < -0.39 is 46.9 Å². The minimum absolute atomic E-state index is 0.0603. The molecule has 0 saturated carbocycles.